The van der Waals surface area contributed by atoms with Crippen molar-refractivity contribution < 1.29 is 4.52 Å². The van der Waals surface area contributed by atoms with E-state index < -0.39 is 0 Å². The van der Waals surface area contributed by atoms with E-state index in [1.54, 1.807) is 0 Å². The van der Waals surface area contributed by atoms with E-state index in [0.29, 0.717) is 11.7 Å². The number of nitrogens with zero attached hydrogens (tertiary/aromatic N) is 2. The predicted molar refractivity (Wildman–Crippen MR) is 70.7 cm³/mol. The largest absolute Gasteiger partial charge is 0.334 e. The van der Waals surface area contributed by atoms with Crippen LogP contribution in [0.25, 0.3) is 17.0 Å². The molecule has 0 bridgehead atoms. The van der Waals surface area contributed by atoms with Gasteiger partial charge >= 0.3 is 0 Å². The van der Waals surface area contributed by atoms with Crippen molar-refractivity contribution in [3.05, 3.63) is 53.9 Å². The SMILES string of the molecule is CC1=CC=C(c2nc(-c3ccccc3)no2)CC1. The first-order chi connectivity index (χ1) is 8.83. The van der Waals surface area contributed by atoms with Gasteiger partial charge < -0.3 is 4.52 Å². The van der Waals surface area contributed by atoms with E-state index in [-0.39, 0.29) is 0 Å². The Kier molecular flexibility index (Phi) is 2.81. The van der Waals surface area contributed by atoms with Crippen molar-refractivity contribution in [2.75, 3.05) is 0 Å². The summed E-state index contributed by atoms with van der Waals surface area (Å²) in [6, 6.07) is 9.87. The Labute approximate surface area is 106 Å². The maximum Gasteiger partial charge on any atom is 0.254 e. The molecule has 0 saturated heterocycles. The molecule has 0 N–H and O–H groups in total. The zero-order valence-corrected chi connectivity index (χ0v) is 10.3. The molecule has 0 fully saturated rings. The lowest BCUT2D eigenvalue weighted by molar-refractivity contribution is 0.406. The second-order valence-corrected chi connectivity index (χ2v) is 4.49. The van der Waals surface area contributed by atoms with Crippen LogP contribution in [0.15, 0.2) is 52.6 Å². The van der Waals surface area contributed by atoms with Gasteiger partial charge in [0.2, 0.25) is 5.82 Å². The van der Waals surface area contributed by atoms with Gasteiger partial charge in [-0.3, -0.25) is 0 Å². The van der Waals surface area contributed by atoms with Gasteiger partial charge in [-0.15, -0.1) is 0 Å². The summed E-state index contributed by atoms with van der Waals surface area (Å²) in [6.07, 6.45) is 6.22. The Morgan fingerprint density at radius 2 is 1.89 bits per heavy atom. The number of hydrogen-bond donors (Lipinski definition) is 0. The third kappa shape index (κ3) is 2.12. The van der Waals surface area contributed by atoms with Crippen LogP contribution in [0.5, 0.6) is 0 Å². The molecule has 3 nitrogen and oxygen atoms in total. The maximum atomic E-state index is 5.34. The molecule has 2 aromatic rings. The Balaban J connectivity index is 1.91. The minimum absolute atomic E-state index is 0.637. The van der Waals surface area contributed by atoms with Gasteiger partial charge in [-0.1, -0.05) is 53.2 Å². The number of benzene rings is 1. The van der Waals surface area contributed by atoms with Crippen molar-refractivity contribution in [1.82, 2.24) is 10.1 Å². The van der Waals surface area contributed by atoms with E-state index in [4.69, 9.17) is 4.52 Å². The molecule has 0 aliphatic heterocycles. The monoisotopic (exact) mass is 238 g/mol. The van der Waals surface area contributed by atoms with Crippen molar-refractivity contribution in [3.63, 3.8) is 0 Å². The van der Waals surface area contributed by atoms with Crippen LogP contribution in [0.1, 0.15) is 25.7 Å². The van der Waals surface area contributed by atoms with Gasteiger partial charge in [0.25, 0.3) is 5.89 Å². The average Bonchev–Trinajstić information content (AvgIpc) is 2.90. The molecule has 0 radical (unpaired) electrons. The van der Waals surface area contributed by atoms with Crippen LogP contribution < -0.4 is 0 Å². The molecule has 0 spiro atoms. The molecule has 18 heavy (non-hydrogen) atoms. The van der Waals surface area contributed by atoms with Gasteiger partial charge in [-0.05, 0) is 19.8 Å². The van der Waals surface area contributed by atoms with E-state index in [9.17, 15) is 0 Å². The predicted octanol–water partition coefficient (Wildman–Crippen LogP) is 3.86. The molecule has 1 aliphatic rings. The van der Waals surface area contributed by atoms with Gasteiger partial charge in [-0.25, -0.2) is 0 Å². The third-order valence-corrected chi connectivity index (χ3v) is 3.09. The molecular formula is C15H14N2O. The summed E-state index contributed by atoms with van der Waals surface area (Å²) in [5.41, 5.74) is 3.49. The van der Waals surface area contributed by atoms with Gasteiger partial charge in [0.1, 0.15) is 0 Å². The smallest absolute Gasteiger partial charge is 0.254 e. The quantitative estimate of drug-likeness (QED) is 0.797. The van der Waals surface area contributed by atoms with Crippen LogP contribution in [0.2, 0.25) is 0 Å². The highest BCUT2D eigenvalue weighted by Crippen LogP contribution is 2.26. The first-order valence-corrected chi connectivity index (χ1v) is 6.09. The van der Waals surface area contributed by atoms with Crippen molar-refractivity contribution >= 4 is 5.57 Å². The van der Waals surface area contributed by atoms with E-state index in [0.717, 1.165) is 24.0 Å². The number of aromatic nitrogens is 2. The summed E-state index contributed by atoms with van der Waals surface area (Å²) in [4.78, 5) is 4.45. The van der Waals surface area contributed by atoms with Crippen molar-refractivity contribution in [2.45, 2.75) is 19.8 Å². The first kappa shape index (κ1) is 11.0. The summed E-state index contributed by atoms with van der Waals surface area (Å²) in [5.74, 6) is 1.29. The maximum absolute atomic E-state index is 5.34. The van der Waals surface area contributed by atoms with Crippen LogP contribution in [-0.4, -0.2) is 10.1 Å². The van der Waals surface area contributed by atoms with Crippen molar-refractivity contribution in [2.24, 2.45) is 0 Å². The van der Waals surface area contributed by atoms with Gasteiger partial charge in [-0.2, -0.15) is 4.98 Å². The fourth-order valence-corrected chi connectivity index (χ4v) is 1.98. The Morgan fingerprint density at radius 1 is 1.06 bits per heavy atom. The molecule has 1 aromatic carbocycles. The second-order valence-electron chi connectivity index (χ2n) is 4.49. The highest BCUT2D eigenvalue weighted by molar-refractivity contribution is 5.64. The van der Waals surface area contributed by atoms with Gasteiger partial charge in [0, 0.05) is 11.1 Å². The first-order valence-electron chi connectivity index (χ1n) is 6.09. The average molecular weight is 238 g/mol. The van der Waals surface area contributed by atoms with Crippen molar-refractivity contribution in [3.8, 4) is 11.4 Å². The lowest BCUT2D eigenvalue weighted by Crippen LogP contribution is -1.91. The molecule has 1 aliphatic carbocycles. The van der Waals surface area contributed by atoms with E-state index in [1.165, 1.54) is 5.57 Å². The third-order valence-electron chi connectivity index (χ3n) is 3.09. The lowest BCUT2D eigenvalue weighted by Gasteiger charge is -2.07. The molecular weight excluding hydrogens is 224 g/mol. The zero-order chi connectivity index (χ0) is 12.4. The van der Waals surface area contributed by atoms with E-state index in [2.05, 4.69) is 29.2 Å². The summed E-state index contributed by atoms with van der Waals surface area (Å²) in [6.45, 7) is 2.14. The Bertz CT molecular complexity index is 608. The van der Waals surface area contributed by atoms with Crippen LogP contribution in [0.3, 0.4) is 0 Å². The number of hydrogen-bond acceptors (Lipinski definition) is 3. The molecule has 90 valence electrons. The summed E-state index contributed by atoms with van der Waals surface area (Å²) in [7, 11) is 0. The molecule has 3 heteroatoms. The Morgan fingerprint density at radius 3 is 2.61 bits per heavy atom. The van der Waals surface area contributed by atoms with E-state index in [1.807, 2.05) is 30.3 Å². The van der Waals surface area contributed by atoms with Crippen molar-refractivity contribution in [1.29, 1.82) is 0 Å². The van der Waals surface area contributed by atoms with Crippen LogP contribution >= 0.6 is 0 Å². The zero-order valence-electron chi connectivity index (χ0n) is 10.3. The van der Waals surface area contributed by atoms with Crippen LogP contribution in [-0.2, 0) is 0 Å². The number of allylic oxidation sites excluding steroid dienone is 4. The normalized spacial score (nSPS) is 15.2. The summed E-state index contributed by atoms with van der Waals surface area (Å²) >= 11 is 0. The number of rotatable bonds is 2. The summed E-state index contributed by atoms with van der Waals surface area (Å²) in [5, 5.41) is 4.03. The van der Waals surface area contributed by atoms with Crippen LogP contribution in [0, 0.1) is 0 Å². The minimum atomic E-state index is 0.637. The molecule has 0 atom stereocenters. The molecule has 0 amide bonds. The Hall–Kier alpha value is -2.16. The highest BCUT2D eigenvalue weighted by Gasteiger charge is 2.14. The van der Waals surface area contributed by atoms with Crippen LogP contribution in [0.4, 0.5) is 0 Å². The second kappa shape index (κ2) is 4.61. The fourth-order valence-electron chi connectivity index (χ4n) is 1.98. The standard InChI is InChI=1S/C15H14N2O/c1-11-7-9-13(10-8-11)15-16-14(17-18-15)12-5-3-2-4-6-12/h2-7,9H,8,10H2,1H3. The molecule has 0 saturated carbocycles. The highest BCUT2D eigenvalue weighted by atomic mass is 16.5. The molecule has 1 aromatic heterocycles. The molecule has 1 heterocycles. The van der Waals surface area contributed by atoms with Gasteiger partial charge in [0.15, 0.2) is 0 Å². The molecule has 3 rings (SSSR count). The van der Waals surface area contributed by atoms with Gasteiger partial charge in [0.05, 0.1) is 0 Å². The topological polar surface area (TPSA) is 38.9 Å². The molecule has 0 unspecified atom stereocenters. The van der Waals surface area contributed by atoms with E-state index >= 15 is 0 Å². The summed E-state index contributed by atoms with van der Waals surface area (Å²) < 4.78 is 5.34. The lowest BCUT2D eigenvalue weighted by atomic mass is 10.00. The fraction of sp³-hybridized carbons (Fsp3) is 0.200. The minimum Gasteiger partial charge on any atom is -0.334 e.